The number of hydrogen-bond donors (Lipinski definition) is 1. The second kappa shape index (κ2) is 3.84. The van der Waals surface area contributed by atoms with Crippen molar-refractivity contribution in [2.45, 2.75) is 18.9 Å². The van der Waals surface area contributed by atoms with Gasteiger partial charge >= 0.3 is 0 Å². The molecule has 2 aliphatic rings. The summed E-state index contributed by atoms with van der Waals surface area (Å²) in [6.45, 7) is 1.10. The number of benzene rings is 2. The number of aromatic hydroxyl groups is 1. The van der Waals surface area contributed by atoms with Crippen LogP contribution in [0.15, 0.2) is 36.4 Å². The molecule has 2 nitrogen and oxygen atoms in total. The fourth-order valence-electron chi connectivity index (χ4n) is 3.61. The van der Waals surface area contributed by atoms with Gasteiger partial charge in [-0.3, -0.25) is 4.90 Å². The van der Waals surface area contributed by atoms with Crippen LogP contribution in [0, 0.1) is 0 Å². The first-order valence-electron chi connectivity index (χ1n) is 6.89. The molecule has 0 bridgehead atoms. The van der Waals surface area contributed by atoms with Crippen molar-refractivity contribution in [3.63, 3.8) is 0 Å². The Bertz CT molecular complexity index is 662. The van der Waals surface area contributed by atoms with E-state index in [2.05, 4.69) is 42.3 Å². The smallest absolute Gasteiger partial charge is 0.123 e. The van der Waals surface area contributed by atoms with Crippen LogP contribution in [0.25, 0.3) is 11.1 Å². The number of hydrogen-bond acceptors (Lipinski definition) is 2. The largest absolute Gasteiger partial charge is 0.507 e. The highest BCUT2D eigenvalue weighted by molar-refractivity contribution is 5.80. The molecule has 0 saturated heterocycles. The third-order valence-corrected chi connectivity index (χ3v) is 4.61. The van der Waals surface area contributed by atoms with Gasteiger partial charge in [-0.2, -0.15) is 0 Å². The van der Waals surface area contributed by atoms with E-state index in [1.807, 2.05) is 6.07 Å². The van der Waals surface area contributed by atoms with Gasteiger partial charge in [0.2, 0.25) is 0 Å². The molecule has 4 rings (SSSR count). The zero-order chi connectivity index (χ0) is 13.0. The molecule has 0 aromatic heterocycles. The van der Waals surface area contributed by atoms with Crippen molar-refractivity contribution in [3.05, 3.63) is 53.1 Å². The van der Waals surface area contributed by atoms with Crippen molar-refractivity contribution in [1.29, 1.82) is 0 Å². The zero-order valence-electron chi connectivity index (χ0n) is 11.1. The second-order valence-corrected chi connectivity index (χ2v) is 5.64. The van der Waals surface area contributed by atoms with Gasteiger partial charge < -0.3 is 5.11 Å². The zero-order valence-corrected chi connectivity index (χ0v) is 11.1. The first-order valence-corrected chi connectivity index (χ1v) is 6.89. The molecule has 0 spiro atoms. The molecule has 2 aromatic carbocycles. The van der Waals surface area contributed by atoms with Gasteiger partial charge in [-0.25, -0.2) is 0 Å². The Morgan fingerprint density at radius 2 is 1.95 bits per heavy atom. The minimum Gasteiger partial charge on any atom is -0.507 e. The topological polar surface area (TPSA) is 23.5 Å². The van der Waals surface area contributed by atoms with Crippen LogP contribution in [0.4, 0.5) is 0 Å². The van der Waals surface area contributed by atoms with E-state index in [0.29, 0.717) is 11.8 Å². The van der Waals surface area contributed by atoms with Crippen LogP contribution in [0.1, 0.15) is 22.7 Å². The summed E-state index contributed by atoms with van der Waals surface area (Å²) in [5, 5.41) is 10.3. The maximum absolute atomic E-state index is 10.3. The van der Waals surface area contributed by atoms with Crippen LogP contribution in [0.3, 0.4) is 0 Å². The molecular formula is C17H17NO. The Hall–Kier alpha value is -1.80. The summed E-state index contributed by atoms with van der Waals surface area (Å²) in [7, 11) is 2.19. The lowest BCUT2D eigenvalue weighted by molar-refractivity contribution is 0.227. The third-order valence-electron chi connectivity index (χ3n) is 4.61. The average Bonchev–Trinajstić information content (AvgIpc) is 2.44. The minimum atomic E-state index is 0.417. The van der Waals surface area contributed by atoms with E-state index in [1.165, 1.54) is 22.3 Å². The molecule has 2 heteroatoms. The number of phenols is 1. The molecule has 1 aliphatic carbocycles. The number of phenolic OH excluding ortho intramolecular Hbond substituents is 1. The van der Waals surface area contributed by atoms with E-state index >= 15 is 0 Å². The Morgan fingerprint density at radius 3 is 2.84 bits per heavy atom. The number of fused-ring (bicyclic) bond motifs is 2. The van der Waals surface area contributed by atoms with Gasteiger partial charge in [-0.1, -0.05) is 30.3 Å². The average molecular weight is 251 g/mol. The summed E-state index contributed by atoms with van der Waals surface area (Å²) in [4.78, 5) is 2.42. The lowest BCUT2D eigenvalue weighted by Crippen LogP contribution is -2.35. The van der Waals surface area contributed by atoms with E-state index in [1.54, 1.807) is 0 Å². The molecular weight excluding hydrogens is 234 g/mol. The summed E-state index contributed by atoms with van der Waals surface area (Å²) in [5.74, 6) is 0.422. The van der Waals surface area contributed by atoms with E-state index in [9.17, 15) is 5.11 Å². The first kappa shape index (κ1) is 11.1. The molecule has 1 aliphatic heterocycles. The Morgan fingerprint density at radius 1 is 1.11 bits per heavy atom. The Kier molecular flexibility index (Phi) is 2.24. The molecule has 1 heterocycles. The van der Waals surface area contributed by atoms with Crippen LogP contribution in [-0.4, -0.2) is 23.6 Å². The van der Waals surface area contributed by atoms with Crippen molar-refractivity contribution < 1.29 is 5.11 Å². The highest BCUT2D eigenvalue weighted by Gasteiger charge is 2.33. The van der Waals surface area contributed by atoms with Gasteiger partial charge in [0.1, 0.15) is 5.75 Å². The van der Waals surface area contributed by atoms with Crippen molar-refractivity contribution >= 4 is 0 Å². The fourth-order valence-corrected chi connectivity index (χ4v) is 3.61. The van der Waals surface area contributed by atoms with Crippen LogP contribution < -0.4 is 0 Å². The van der Waals surface area contributed by atoms with Gasteiger partial charge in [0, 0.05) is 18.2 Å². The molecule has 0 saturated carbocycles. The van der Waals surface area contributed by atoms with Gasteiger partial charge in [0.15, 0.2) is 0 Å². The van der Waals surface area contributed by atoms with Gasteiger partial charge in [-0.15, -0.1) is 0 Å². The molecule has 1 atom stereocenters. The van der Waals surface area contributed by atoms with Gasteiger partial charge in [-0.05, 0) is 48.2 Å². The SMILES string of the molecule is CN1CCc2ccc(O)c3c2C1Cc1ccccc1-3. The quantitative estimate of drug-likeness (QED) is 0.777. The van der Waals surface area contributed by atoms with Crippen LogP contribution >= 0.6 is 0 Å². The van der Waals surface area contributed by atoms with E-state index in [0.717, 1.165) is 24.9 Å². The normalized spacial score (nSPS) is 20.8. The molecule has 0 fully saturated rings. The molecule has 0 amide bonds. The first-order chi connectivity index (χ1) is 9.25. The Balaban J connectivity index is 2.07. The predicted molar refractivity (Wildman–Crippen MR) is 76.3 cm³/mol. The molecule has 1 N–H and O–H groups in total. The van der Waals surface area contributed by atoms with Crippen LogP contribution in [0.5, 0.6) is 5.75 Å². The van der Waals surface area contributed by atoms with Crippen molar-refractivity contribution in [1.82, 2.24) is 4.90 Å². The lowest BCUT2D eigenvalue weighted by Gasteiger charge is -2.39. The summed E-state index contributed by atoms with van der Waals surface area (Å²) < 4.78 is 0. The van der Waals surface area contributed by atoms with Crippen LogP contribution in [0.2, 0.25) is 0 Å². The van der Waals surface area contributed by atoms with E-state index in [4.69, 9.17) is 0 Å². The molecule has 1 unspecified atom stereocenters. The van der Waals surface area contributed by atoms with Gasteiger partial charge in [0.05, 0.1) is 0 Å². The van der Waals surface area contributed by atoms with Crippen molar-refractivity contribution in [2.24, 2.45) is 0 Å². The number of nitrogens with zero attached hydrogens (tertiary/aromatic N) is 1. The molecule has 19 heavy (non-hydrogen) atoms. The Labute approximate surface area is 113 Å². The summed E-state index contributed by atoms with van der Waals surface area (Å²) in [6, 6.07) is 12.8. The van der Waals surface area contributed by atoms with Gasteiger partial charge in [0.25, 0.3) is 0 Å². The monoisotopic (exact) mass is 251 g/mol. The lowest BCUT2D eigenvalue weighted by atomic mass is 9.77. The summed E-state index contributed by atoms with van der Waals surface area (Å²) >= 11 is 0. The van der Waals surface area contributed by atoms with Crippen molar-refractivity contribution in [2.75, 3.05) is 13.6 Å². The maximum atomic E-state index is 10.3. The molecule has 2 aromatic rings. The summed E-state index contributed by atoms with van der Waals surface area (Å²) in [6.07, 6.45) is 2.13. The van der Waals surface area contributed by atoms with E-state index in [-0.39, 0.29) is 0 Å². The predicted octanol–water partition coefficient (Wildman–Crippen LogP) is 3.14. The van der Waals surface area contributed by atoms with Crippen molar-refractivity contribution in [3.8, 4) is 16.9 Å². The number of likely N-dealkylation sites (N-methyl/N-ethyl adjacent to an activating group) is 1. The molecule has 0 radical (unpaired) electrons. The standard InChI is InChI=1S/C17H17NO/c1-18-9-8-11-6-7-15(19)17-13-5-3-2-4-12(13)10-14(18)16(11)17/h2-7,14,19H,8-10H2,1H3. The molecule has 96 valence electrons. The highest BCUT2D eigenvalue weighted by Crippen LogP contribution is 2.48. The fraction of sp³-hybridized carbons (Fsp3) is 0.294. The number of rotatable bonds is 0. The second-order valence-electron chi connectivity index (χ2n) is 5.64. The summed E-state index contributed by atoms with van der Waals surface area (Å²) in [5.41, 5.74) is 6.39. The van der Waals surface area contributed by atoms with E-state index < -0.39 is 0 Å². The highest BCUT2D eigenvalue weighted by atomic mass is 16.3. The third kappa shape index (κ3) is 1.47. The minimum absolute atomic E-state index is 0.417. The maximum Gasteiger partial charge on any atom is 0.123 e. The van der Waals surface area contributed by atoms with Crippen LogP contribution in [-0.2, 0) is 12.8 Å².